The molecular formula is C13H15FN6O. The highest BCUT2D eigenvalue weighted by atomic mass is 19.1. The van der Waals surface area contributed by atoms with Crippen molar-refractivity contribution in [1.29, 1.82) is 0 Å². The monoisotopic (exact) mass is 290 g/mol. The number of piperidine rings is 1. The van der Waals surface area contributed by atoms with Gasteiger partial charge >= 0.3 is 0 Å². The fraction of sp³-hybridized carbons (Fsp3) is 0.385. The maximum atomic E-state index is 13.2. The van der Waals surface area contributed by atoms with E-state index in [0.717, 1.165) is 0 Å². The van der Waals surface area contributed by atoms with E-state index < -0.39 is 6.17 Å². The van der Waals surface area contributed by atoms with Crippen molar-refractivity contribution >= 4 is 16.9 Å². The van der Waals surface area contributed by atoms with Crippen LogP contribution in [0, 0.1) is 0 Å². The third kappa shape index (κ3) is 3.11. The van der Waals surface area contributed by atoms with Crippen LogP contribution in [0.2, 0.25) is 0 Å². The lowest BCUT2D eigenvalue weighted by Gasteiger charge is -2.26. The van der Waals surface area contributed by atoms with Crippen LogP contribution in [0.25, 0.3) is 11.0 Å². The van der Waals surface area contributed by atoms with Crippen LogP contribution in [0.5, 0.6) is 0 Å². The number of halogens is 1. The number of aromatic nitrogens is 3. The van der Waals surface area contributed by atoms with Crippen molar-refractivity contribution in [2.75, 3.05) is 13.1 Å². The van der Waals surface area contributed by atoms with Crippen LogP contribution < -0.4 is 16.2 Å². The van der Waals surface area contributed by atoms with Gasteiger partial charge in [-0.2, -0.15) is 0 Å². The van der Waals surface area contributed by atoms with Crippen LogP contribution in [-0.2, 0) is 0 Å². The third-order valence-corrected chi connectivity index (χ3v) is 3.33. The van der Waals surface area contributed by atoms with Gasteiger partial charge in [-0.25, -0.2) is 19.8 Å². The molecule has 7 nitrogen and oxygen atoms in total. The van der Waals surface area contributed by atoms with Crippen LogP contribution in [0.4, 0.5) is 4.39 Å². The smallest absolute Gasteiger partial charge is 0.267 e. The fourth-order valence-corrected chi connectivity index (χ4v) is 2.31. The number of amides is 1. The number of hydrogen-bond acceptors (Lipinski definition) is 6. The van der Waals surface area contributed by atoms with Crippen molar-refractivity contribution in [2.45, 2.75) is 18.6 Å². The predicted octanol–water partition coefficient (Wildman–Crippen LogP) is -0.0408. The number of hydrazine groups is 1. The molecule has 3 heterocycles. The number of fused-ring (bicyclic) bond motifs is 1. The van der Waals surface area contributed by atoms with Crippen molar-refractivity contribution in [3.63, 3.8) is 0 Å². The highest BCUT2D eigenvalue weighted by molar-refractivity contribution is 6.04. The summed E-state index contributed by atoms with van der Waals surface area (Å²) < 4.78 is 13.2. The highest BCUT2D eigenvalue weighted by Gasteiger charge is 2.21. The molecule has 2 atom stereocenters. The molecule has 1 amide bonds. The minimum absolute atomic E-state index is 0.138. The first-order valence-electron chi connectivity index (χ1n) is 6.69. The number of rotatable bonds is 3. The van der Waals surface area contributed by atoms with Crippen LogP contribution in [-0.4, -0.2) is 46.2 Å². The van der Waals surface area contributed by atoms with Gasteiger partial charge in [-0.15, -0.1) is 0 Å². The maximum Gasteiger partial charge on any atom is 0.267 e. The lowest BCUT2D eigenvalue weighted by molar-refractivity contribution is 0.0915. The summed E-state index contributed by atoms with van der Waals surface area (Å²) in [7, 11) is 0. The molecule has 0 aromatic carbocycles. The lowest BCUT2D eigenvalue weighted by Crippen LogP contribution is -2.53. The average molecular weight is 290 g/mol. The Balaban J connectivity index is 1.69. The quantitative estimate of drug-likeness (QED) is 0.687. The average Bonchev–Trinajstić information content (AvgIpc) is 2.52. The first-order valence-corrected chi connectivity index (χ1v) is 6.69. The SMILES string of the molecule is O=C(NN[C@@H]1CNC[C@@H](F)C1)c1ccnc2cncnc12. The molecule has 8 heteroatoms. The molecule has 0 radical (unpaired) electrons. The van der Waals surface area contributed by atoms with Gasteiger partial charge in [-0.05, 0) is 12.5 Å². The Labute approximate surface area is 120 Å². The summed E-state index contributed by atoms with van der Waals surface area (Å²) in [6, 6.07) is 1.45. The molecule has 3 rings (SSSR count). The highest BCUT2D eigenvalue weighted by Crippen LogP contribution is 2.12. The van der Waals surface area contributed by atoms with Crippen molar-refractivity contribution in [3.05, 3.63) is 30.4 Å². The fourth-order valence-electron chi connectivity index (χ4n) is 2.31. The molecule has 2 aromatic rings. The lowest BCUT2D eigenvalue weighted by atomic mass is 10.1. The zero-order valence-electron chi connectivity index (χ0n) is 11.2. The number of nitrogens with one attached hydrogen (secondary N) is 3. The Kier molecular flexibility index (Phi) is 3.98. The van der Waals surface area contributed by atoms with E-state index in [9.17, 15) is 9.18 Å². The number of nitrogens with zero attached hydrogens (tertiary/aromatic N) is 3. The molecule has 1 fully saturated rings. The zero-order chi connectivity index (χ0) is 14.7. The van der Waals surface area contributed by atoms with E-state index in [1.165, 1.54) is 12.5 Å². The van der Waals surface area contributed by atoms with E-state index in [0.29, 0.717) is 36.1 Å². The summed E-state index contributed by atoms with van der Waals surface area (Å²) in [6.45, 7) is 0.970. The molecule has 1 saturated heterocycles. The third-order valence-electron chi connectivity index (χ3n) is 3.33. The molecule has 1 aliphatic heterocycles. The molecule has 0 spiro atoms. The first kappa shape index (κ1) is 13.8. The second-order valence-electron chi connectivity index (χ2n) is 4.90. The number of pyridine rings is 1. The zero-order valence-corrected chi connectivity index (χ0v) is 11.2. The standard InChI is InChI=1S/C13H15FN6O/c14-8-3-9(5-15-4-8)19-20-13(21)10-1-2-17-11-6-16-7-18-12(10)11/h1-2,6-9,15,19H,3-5H2,(H,20,21)/t8-,9-/m0/s1. The van der Waals surface area contributed by atoms with Crippen LogP contribution >= 0.6 is 0 Å². The Hall–Kier alpha value is -2.19. The van der Waals surface area contributed by atoms with Gasteiger partial charge in [0.05, 0.1) is 11.8 Å². The van der Waals surface area contributed by atoms with Gasteiger partial charge in [0.25, 0.3) is 5.91 Å². The van der Waals surface area contributed by atoms with E-state index in [-0.39, 0.29) is 11.9 Å². The van der Waals surface area contributed by atoms with E-state index in [1.54, 1.807) is 12.3 Å². The summed E-state index contributed by atoms with van der Waals surface area (Å²) in [5.74, 6) is -0.331. The molecule has 0 bridgehead atoms. The molecular weight excluding hydrogens is 275 g/mol. The summed E-state index contributed by atoms with van der Waals surface area (Å²) in [4.78, 5) is 24.3. The van der Waals surface area contributed by atoms with Gasteiger partial charge < -0.3 is 5.32 Å². The summed E-state index contributed by atoms with van der Waals surface area (Å²) in [5, 5.41) is 2.96. The van der Waals surface area contributed by atoms with Gasteiger partial charge in [0.1, 0.15) is 23.5 Å². The van der Waals surface area contributed by atoms with Crippen LogP contribution in [0.1, 0.15) is 16.8 Å². The molecule has 2 aromatic heterocycles. The van der Waals surface area contributed by atoms with Gasteiger partial charge in [-0.3, -0.25) is 15.2 Å². The van der Waals surface area contributed by atoms with Crippen molar-refractivity contribution < 1.29 is 9.18 Å². The molecule has 3 N–H and O–H groups in total. The molecule has 0 unspecified atom stereocenters. The van der Waals surface area contributed by atoms with Gasteiger partial charge in [-0.1, -0.05) is 0 Å². The second-order valence-corrected chi connectivity index (χ2v) is 4.90. The summed E-state index contributed by atoms with van der Waals surface area (Å²) >= 11 is 0. The number of alkyl halides is 1. The number of carbonyl (C=O) groups is 1. The minimum Gasteiger partial charge on any atom is -0.312 e. The van der Waals surface area contributed by atoms with Crippen molar-refractivity contribution in [2.24, 2.45) is 0 Å². The second kappa shape index (κ2) is 6.06. The maximum absolute atomic E-state index is 13.2. The van der Waals surface area contributed by atoms with Gasteiger partial charge in [0.2, 0.25) is 0 Å². The summed E-state index contributed by atoms with van der Waals surface area (Å²) in [5.41, 5.74) is 6.88. The van der Waals surface area contributed by atoms with E-state index in [4.69, 9.17) is 0 Å². The molecule has 21 heavy (non-hydrogen) atoms. The normalized spacial score (nSPS) is 22.1. The van der Waals surface area contributed by atoms with Gasteiger partial charge in [0, 0.05) is 25.3 Å². The Morgan fingerprint density at radius 2 is 2.29 bits per heavy atom. The summed E-state index contributed by atoms with van der Waals surface area (Å²) in [6.07, 6.45) is 3.91. The molecule has 0 saturated carbocycles. The van der Waals surface area contributed by atoms with E-state index >= 15 is 0 Å². The van der Waals surface area contributed by atoms with Crippen molar-refractivity contribution in [1.82, 2.24) is 31.1 Å². The van der Waals surface area contributed by atoms with E-state index in [1.807, 2.05) is 0 Å². The minimum atomic E-state index is -0.900. The van der Waals surface area contributed by atoms with Crippen LogP contribution in [0.15, 0.2) is 24.8 Å². The Morgan fingerprint density at radius 3 is 3.14 bits per heavy atom. The number of hydrogen-bond donors (Lipinski definition) is 3. The van der Waals surface area contributed by atoms with E-state index in [2.05, 4.69) is 31.1 Å². The van der Waals surface area contributed by atoms with Crippen molar-refractivity contribution in [3.8, 4) is 0 Å². The van der Waals surface area contributed by atoms with Crippen LogP contribution in [0.3, 0.4) is 0 Å². The predicted molar refractivity (Wildman–Crippen MR) is 74.1 cm³/mol. The molecule has 1 aliphatic rings. The Bertz CT molecular complexity index is 646. The molecule has 110 valence electrons. The largest absolute Gasteiger partial charge is 0.312 e. The topological polar surface area (TPSA) is 91.8 Å². The van der Waals surface area contributed by atoms with Gasteiger partial charge in [0.15, 0.2) is 0 Å². The molecule has 0 aliphatic carbocycles. The first-order chi connectivity index (χ1) is 10.2. The Morgan fingerprint density at radius 1 is 1.38 bits per heavy atom. The number of carbonyl (C=O) groups excluding carboxylic acids is 1.